The summed E-state index contributed by atoms with van der Waals surface area (Å²) < 4.78 is 1.87. The Morgan fingerprint density at radius 3 is 2.53 bits per heavy atom. The number of nitrogens with zero attached hydrogens (tertiary/aromatic N) is 5. The van der Waals surface area contributed by atoms with E-state index in [2.05, 4.69) is 41.4 Å². The van der Waals surface area contributed by atoms with Crippen LogP contribution in [0.2, 0.25) is 0 Å². The number of hydrogen-bond acceptors (Lipinski definition) is 5. The third kappa shape index (κ3) is 3.56. The molecule has 0 saturated heterocycles. The molecule has 0 unspecified atom stereocenters. The number of nitrogens with one attached hydrogen (secondary N) is 1. The number of carbonyl (C=O) groups is 1. The first-order valence-corrected chi connectivity index (χ1v) is 10.5. The molecule has 2 aromatic heterocycles. The number of rotatable bonds is 7. The van der Waals surface area contributed by atoms with E-state index in [1.54, 1.807) is 12.4 Å². The van der Waals surface area contributed by atoms with E-state index in [1.807, 2.05) is 47.8 Å². The Morgan fingerprint density at radius 2 is 1.83 bits per heavy atom. The molecule has 1 N–H and O–H groups in total. The molecule has 0 aliphatic carbocycles. The van der Waals surface area contributed by atoms with E-state index in [4.69, 9.17) is 4.98 Å². The highest BCUT2D eigenvalue weighted by Crippen LogP contribution is 2.42. The van der Waals surface area contributed by atoms with Crippen LogP contribution < -0.4 is 10.2 Å². The minimum absolute atomic E-state index is 0.0910. The van der Waals surface area contributed by atoms with Crippen molar-refractivity contribution in [1.29, 1.82) is 0 Å². The van der Waals surface area contributed by atoms with Crippen LogP contribution in [-0.2, 0) is 16.8 Å². The highest BCUT2D eigenvalue weighted by molar-refractivity contribution is 6.07. The van der Waals surface area contributed by atoms with Crippen molar-refractivity contribution in [3.63, 3.8) is 0 Å². The van der Waals surface area contributed by atoms with E-state index in [-0.39, 0.29) is 11.9 Å². The van der Waals surface area contributed by atoms with Crippen molar-refractivity contribution in [2.45, 2.75) is 58.5 Å². The number of amides is 1. The Labute approximate surface area is 177 Å². The molecule has 156 valence electrons. The largest absolute Gasteiger partial charge is 0.321 e. The maximum atomic E-state index is 13.1. The summed E-state index contributed by atoms with van der Waals surface area (Å²) in [5, 5.41) is 7.65. The second-order valence-corrected chi connectivity index (χ2v) is 8.24. The molecule has 0 saturated carbocycles. The van der Waals surface area contributed by atoms with Gasteiger partial charge in [-0.15, -0.1) is 0 Å². The van der Waals surface area contributed by atoms with Gasteiger partial charge in [0, 0.05) is 24.0 Å². The summed E-state index contributed by atoms with van der Waals surface area (Å²) in [6.07, 6.45) is 7.23. The molecular weight excluding hydrogens is 376 g/mol. The fourth-order valence-electron chi connectivity index (χ4n) is 3.98. The third-order valence-electron chi connectivity index (χ3n) is 5.81. The predicted molar refractivity (Wildman–Crippen MR) is 118 cm³/mol. The monoisotopic (exact) mass is 404 g/mol. The molecule has 0 spiro atoms. The molecule has 3 aromatic rings. The van der Waals surface area contributed by atoms with Crippen molar-refractivity contribution < 1.29 is 4.79 Å². The Morgan fingerprint density at radius 1 is 1.10 bits per heavy atom. The first-order chi connectivity index (χ1) is 14.4. The molecule has 1 aliphatic rings. The minimum atomic E-state index is -0.614. The van der Waals surface area contributed by atoms with Crippen LogP contribution in [0.25, 0.3) is 0 Å². The molecule has 3 heterocycles. The molecule has 4 rings (SSSR count). The molecule has 7 heteroatoms. The number of benzene rings is 1. The number of aromatic nitrogens is 4. The van der Waals surface area contributed by atoms with Gasteiger partial charge in [-0.2, -0.15) is 10.1 Å². The van der Waals surface area contributed by atoms with E-state index in [0.29, 0.717) is 18.3 Å². The van der Waals surface area contributed by atoms with Crippen LogP contribution >= 0.6 is 0 Å². The van der Waals surface area contributed by atoms with Gasteiger partial charge in [-0.1, -0.05) is 44.2 Å². The topological polar surface area (TPSA) is 75.9 Å². The Kier molecular flexibility index (Phi) is 5.28. The predicted octanol–water partition coefficient (Wildman–Crippen LogP) is 4.28. The molecule has 7 nitrogen and oxygen atoms in total. The van der Waals surface area contributed by atoms with Crippen molar-refractivity contribution >= 4 is 23.4 Å². The fourth-order valence-corrected chi connectivity index (χ4v) is 3.98. The lowest BCUT2D eigenvalue weighted by atomic mass is 9.88. The van der Waals surface area contributed by atoms with Gasteiger partial charge < -0.3 is 5.32 Å². The first kappa shape index (κ1) is 20.1. The van der Waals surface area contributed by atoms with Gasteiger partial charge in [-0.05, 0) is 32.3 Å². The van der Waals surface area contributed by atoms with E-state index >= 15 is 0 Å². The standard InChI is InChI=1S/C23H28N6O/c1-5-18(6-2)29-20-19(23(3,4)21(29)30)13-24-22(27-20)26-17-12-25-28(15-17)14-16-10-8-7-9-11-16/h7-13,15,18H,5-6,14H2,1-4H3,(H,24,26,27). The highest BCUT2D eigenvalue weighted by Gasteiger charge is 2.47. The summed E-state index contributed by atoms with van der Waals surface area (Å²) in [7, 11) is 0. The number of anilines is 3. The average molecular weight is 405 g/mol. The molecule has 0 bridgehead atoms. The highest BCUT2D eigenvalue weighted by atomic mass is 16.2. The van der Waals surface area contributed by atoms with Crippen LogP contribution in [-0.4, -0.2) is 31.7 Å². The van der Waals surface area contributed by atoms with Gasteiger partial charge >= 0.3 is 0 Å². The molecule has 1 amide bonds. The zero-order valence-electron chi connectivity index (χ0n) is 18.0. The van der Waals surface area contributed by atoms with E-state index in [1.165, 1.54) is 5.56 Å². The summed E-state index contributed by atoms with van der Waals surface area (Å²) in [6, 6.07) is 10.3. The summed E-state index contributed by atoms with van der Waals surface area (Å²) >= 11 is 0. The Hall–Kier alpha value is -3.22. The number of fused-ring (bicyclic) bond motifs is 1. The van der Waals surface area contributed by atoms with E-state index < -0.39 is 5.41 Å². The van der Waals surface area contributed by atoms with Gasteiger partial charge in [0.15, 0.2) is 0 Å². The Bertz CT molecular complexity index is 1040. The molecule has 1 aliphatic heterocycles. The molecule has 1 aromatic carbocycles. The lowest BCUT2D eigenvalue weighted by Gasteiger charge is -2.27. The third-order valence-corrected chi connectivity index (χ3v) is 5.81. The van der Waals surface area contributed by atoms with E-state index in [9.17, 15) is 4.79 Å². The smallest absolute Gasteiger partial charge is 0.238 e. The molecular formula is C23H28N6O. The zero-order valence-corrected chi connectivity index (χ0v) is 18.0. The number of carbonyl (C=O) groups excluding carboxylic acids is 1. The van der Waals surface area contributed by atoms with Gasteiger partial charge in [0.05, 0.1) is 23.8 Å². The van der Waals surface area contributed by atoms with Crippen LogP contribution in [0.3, 0.4) is 0 Å². The minimum Gasteiger partial charge on any atom is -0.321 e. The Balaban J connectivity index is 1.58. The van der Waals surface area contributed by atoms with Gasteiger partial charge in [-0.25, -0.2) is 4.98 Å². The van der Waals surface area contributed by atoms with E-state index in [0.717, 1.165) is 24.1 Å². The maximum Gasteiger partial charge on any atom is 0.238 e. The summed E-state index contributed by atoms with van der Waals surface area (Å²) in [5.74, 6) is 1.27. The lowest BCUT2D eigenvalue weighted by molar-refractivity contribution is -0.122. The molecule has 30 heavy (non-hydrogen) atoms. The van der Waals surface area contributed by atoms with Gasteiger partial charge in [0.1, 0.15) is 5.82 Å². The lowest BCUT2D eigenvalue weighted by Crippen LogP contribution is -2.42. The van der Waals surface area contributed by atoms with Crippen molar-refractivity contribution in [1.82, 2.24) is 19.7 Å². The van der Waals surface area contributed by atoms with Gasteiger partial charge in [0.25, 0.3) is 0 Å². The van der Waals surface area contributed by atoms with Crippen molar-refractivity contribution in [3.05, 3.63) is 60.0 Å². The summed E-state index contributed by atoms with van der Waals surface area (Å²) in [4.78, 5) is 24.2. The second kappa shape index (κ2) is 7.89. The molecule has 0 atom stereocenters. The van der Waals surface area contributed by atoms with Crippen molar-refractivity contribution in [3.8, 4) is 0 Å². The fraction of sp³-hybridized carbons (Fsp3) is 0.391. The van der Waals surface area contributed by atoms with Crippen LogP contribution in [0, 0.1) is 0 Å². The number of hydrogen-bond donors (Lipinski definition) is 1. The van der Waals surface area contributed by atoms with Crippen LogP contribution in [0.4, 0.5) is 17.5 Å². The normalized spacial score (nSPS) is 15.0. The zero-order chi connectivity index (χ0) is 21.3. The van der Waals surface area contributed by atoms with Gasteiger partial charge in [0.2, 0.25) is 11.9 Å². The molecule has 0 radical (unpaired) electrons. The van der Waals surface area contributed by atoms with Crippen LogP contribution in [0.5, 0.6) is 0 Å². The second-order valence-electron chi connectivity index (χ2n) is 8.24. The quantitative estimate of drug-likeness (QED) is 0.636. The summed E-state index contributed by atoms with van der Waals surface area (Å²) in [5.41, 5.74) is 2.26. The summed E-state index contributed by atoms with van der Waals surface area (Å²) in [6.45, 7) is 8.79. The van der Waals surface area contributed by atoms with Crippen molar-refractivity contribution in [2.24, 2.45) is 0 Å². The molecule has 0 fully saturated rings. The average Bonchev–Trinajstić information content (AvgIpc) is 3.25. The van der Waals surface area contributed by atoms with Gasteiger partial charge in [-0.3, -0.25) is 14.4 Å². The maximum absolute atomic E-state index is 13.1. The first-order valence-electron chi connectivity index (χ1n) is 10.5. The SMILES string of the molecule is CCC(CC)N1C(=O)C(C)(C)c2cnc(Nc3cnn(Cc4ccccc4)c3)nc21. The van der Waals surface area contributed by atoms with Crippen molar-refractivity contribution in [2.75, 3.05) is 10.2 Å². The van der Waals surface area contributed by atoms with Crippen LogP contribution in [0.15, 0.2) is 48.9 Å². The van der Waals surface area contributed by atoms with Crippen LogP contribution in [0.1, 0.15) is 51.7 Å².